The lowest BCUT2D eigenvalue weighted by atomic mass is 10.2. The molecule has 19 heavy (non-hydrogen) atoms. The van der Waals surface area contributed by atoms with Gasteiger partial charge < -0.3 is 0 Å². The van der Waals surface area contributed by atoms with Gasteiger partial charge in [0.05, 0.1) is 9.79 Å². The number of fused-ring (bicyclic) bond motifs is 1. The topological polar surface area (TPSA) is 80.3 Å². The molecule has 0 aromatic heterocycles. The lowest BCUT2D eigenvalue weighted by molar-refractivity contribution is 0.578. The van der Waals surface area contributed by atoms with Crippen molar-refractivity contribution in [1.82, 2.24) is 4.72 Å². The van der Waals surface area contributed by atoms with Gasteiger partial charge in [0.15, 0.2) is 9.84 Å². The molecule has 0 atom stereocenters. The Morgan fingerprint density at radius 1 is 1.26 bits per heavy atom. The fraction of sp³-hybridized carbons (Fsp3) is 0.333. The standard InChI is InChI=1S/C12H15NO4S2/c1-2-3-7-13-19(16,17)11-5-4-10-6-8-18(14,15)12(10)9-11/h4-6,8-9,13H,2-3,7H2,1H3. The summed E-state index contributed by atoms with van der Waals surface area (Å²) in [6, 6.07) is 4.13. The van der Waals surface area contributed by atoms with Crippen LogP contribution in [0.25, 0.3) is 6.08 Å². The van der Waals surface area contributed by atoms with Crippen molar-refractivity contribution in [3.05, 3.63) is 29.2 Å². The molecule has 0 bridgehead atoms. The van der Waals surface area contributed by atoms with Gasteiger partial charge in [0, 0.05) is 12.0 Å². The van der Waals surface area contributed by atoms with E-state index >= 15 is 0 Å². The van der Waals surface area contributed by atoms with Crippen LogP contribution < -0.4 is 4.72 Å². The molecule has 104 valence electrons. The largest absolute Gasteiger partial charge is 0.240 e. The van der Waals surface area contributed by atoms with Gasteiger partial charge in [0.1, 0.15) is 0 Å². The van der Waals surface area contributed by atoms with Gasteiger partial charge in [-0.2, -0.15) is 0 Å². The first-order valence-electron chi connectivity index (χ1n) is 5.94. The van der Waals surface area contributed by atoms with E-state index in [4.69, 9.17) is 0 Å². The summed E-state index contributed by atoms with van der Waals surface area (Å²) < 4.78 is 49.8. The zero-order chi connectivity index (χ0) is 14.1. The first-order chi connectivity index (χ1) is 8.87. The molecule has 1 aliphatic heterocycles. The number of rotatable bonds is 5. The molecule has 0 saturated heterocycles. The molecule has 7 heteroatoms. The number of unbranched alkanes of at least 4 members (excludes halogenated alkanes) is 1. The minimum atomic E-state index is -3.65. The Morgan fingerprint density at radius 2 is 2.00 bits per heavy atom. The van der Waals surface area contributed by atoms with Gasteiger partial charge in [-0.1, -0.05) is 19.4 Å². The van der Waals surface area contributed by atoms with E-state index in [-0.39, 0.29) is 9.79 Å². The Morgan fingerprint density at radius 3 is 2.68 bits per heavy atom. The second kappa shape index (κ2) is 5.07. The van der Waals surface area contributed by atoms with E-state index in [2.05, 4.69) is 4.72 Å². The molecule has 0 aliphatic carbocycles. The summed E-state index contributed by atoms with van der Waals surface area (Å²) in [5.41, 5.74) is 0.521. The number of sulfonamides is 1. The van der Waals surface area contributed by atoms with Crippen LogP contribution in [0.1, 0.15) is 25.3 Å². The van der Waals surface area contributed by atoms with Crippen molar-refractivity contribution >= 4 is 25.9 Å². The number of hydrogen-bond acceptors (Lipinski definition) is 4. The molecule has 0 radical (unpaired) electrons. The van der Waals surface area contributed by atoms with Crippen LogP contribution in [0.5, 0.6) is 0 Å². The van der Waals surface area contributed by atoms with Gasteiger partial charge in [0.2, 0.25) is 10.0 Å². The minimum absolute atomic E-state index is 0.0189. The van der Waals surface area contributed by atoms with E-state index in [1.807, 2.05) is 6.92 Å². The predicted octanol–water partition coefficient (Wildman–Crippen LogP) is 1.52. The van der Waals surface area contributed by atoms with E-state index in [1.54, 1.807) is 0 Å². The molecule has 1 aromatic carbocycles. The van der Waals surface area contributed by atoms with Crippen molar-refractivity contribution in [3.8, 4) is 0 Å². The summed E-state index contributed by atoms with van der Waals surface area (Å²) in [4.78, 5) is 0.0282. The predicted molar refractivity (Wildman–Crippen MR) is 72.8 cm³/mol. The molecule has 5 nitrogen and oxygen atoms in total. The number of nitrogens with one attached hydrogen (secondary N) is 1. The molecule has 0 unspecified atom stereocenters. The molecule has 1 heterocycles. The normalized spacial score (nSPS) is 16.5. The maximum Gasteiger partial charge on any atom is 0.240 e. The van der Waals surface area contributed by atoms with Crippen molar-refractivity contribution in [2.24, 2.45) is 0 Å². The molecule has 0 fully saturated rings. The van der Waals surface area contributed by atoms with E-state index < -0.39 is 19.9 Å². The van der Waals surface area contributed by atoms with Crippen LogP contribution in [-0.2, 0) is 19.9 Å². The molecular formula is C12H15NO4S2. The lowest BCUT2D eigenvalue weighted by Gasteiger charge is -2.07. The Bertz CT molecular complexity index is 718. The average molecular weight is 301 g/mol. The molecule has 2 rings (SSSR count). The monoisotopic (exact) mass is 301 g/mol. The fourth-order valence-electron chi connectivity index (χ4n) is 1.77. The van der Waals surface area contributed by atoms with Crippen LogP contribution in [0, 0.1) is 0 Å². The highest BCUT2D eigenvalue weighted by Gasteiger charge is 2.24. The average Bonchev–Trinajstić information content (AvgIpc) is 2.65. The quantitative estimate of drug-likeness (QED) is 0.836. The Labute approximate surface area is 113 Å². The van der Waals surface area contributed by atoms with Crippen LogP contribution in [-0.4, -0.2) is 23.4 Å². The summed E-state index contributed by atoms with van der Waals surface area (Å²) in [5, 5.41) is 1.08. The first-order valence-corrected chi connectivity index (χ1v) is 8.96. The van der Waals surface area contributed by atoms with Gasteiger partial charge in [-0.25, -0.2) is 21.6 Å². The molecule has 0 amide bonds. The third-order valence-corrected chi connectivity index (χ3v) is 5.77. The Hall–Kier alpha value is -1.18. The van der Waals surface area contributed by atoms with Crippen molar-refractivity contribution in [2.75, 3.05) is 6.54 Å². The van der Waals surface area contributed by atoms with Gasteiger partial charge in [-0.3, -0.25) is 0 Å². The number of hydrogen-bond donors (Lipinski definition) is 1. The molecule has 1 N–H and O–H groups in total. The zero-order valence-corrected chi connectivity index (χ0v) is 12.1. The number of sulfone groups is 1. The molecular weight excluding hydrogens is 286 g/mol. The van der Waals surface area contributed by atoms with Crippen LogP contribution in [0.4, 0.5) is 0 Å². The second-order valence-corrected chi connectivity index (χ2v) is 7.87. The second-order valence-electron chi connectivity index (χ2n) is 4.30. The first kappa shape index (κ1) is 14.2. The highest BCUT2D eigenvalue weighted by Crippen LogP contribution is 2.28. The van der Waals surface area contributed by atoms with Crippen molar-refractivity contribution < 1.29 is 16.8 Å². The zero-order valence-electron chi connectivity index (χ0n) is 10.5. The molecule has 0 spiro atoms. The van der Waals surface area contributed by atoms with Crippen LogP contribution in [0.3, 0.4) is 0 Å². The van der Waals surface area contributed by atoms with E-state index in [0.717, 1.165) is 18.2 Å². The van der Waals surface area contributed by atoms with Gasteiger partial charge >= 0.3 is 0 Å². The van der Waals surface area contributed by atoms with Gasteiger partial charge in [-0.15, -0.1) is 0 Å². The van der Waals surface area contributed by atoms with Crippen molar-refractivity contribution in [1.29, 1.82) is 0 Å². The van der Waals surface area contributed by atoms with Crippen LogP contribution >= 0.6 is 0 Å². The summed E-state index contributed by atoms with van der Waals surface area (Å²) in [5.74, 6) is 0. The smallest absolute Gasteiger partial charge is 0.219 e. The third-order valence-electron chi connectivity index (χ3n) is 2.85. The summed E-state index contributed by atoms with van der Waals surface area (Å²) in [6.07, 6.45) is 3.08. The maximum absolute atomic E-state index is 12.0. The Kier molecular flexibility index (Phi) is 3.80. The van der Waals surface area contributed by atoms with Gasteiger partial charge in [-0.05, 0) is 30.2 Å². The highest BCUT2D eigenvalue weighted by atomic mass is 32.2. The molecule has 1 aromatic rings. The summed E-state index contributed by atoms with van der Waals surface area (Å²) in [6.45, 7) is 2.31. The van der Waals surface area contributed by atoms with Gasteiger partial charge in [0.25, 0.3) is 0 Å². The highest BCUT2D eigenvalue weighted by molar-refractivity contribution is 7.95. The summed E-state index contributed by atoms with van der Waals surface area (Å²) in [7, 11) is -7.13. The fourth-order valence-corrected chi connectivity index (χ4v) is 4.17. The minimum Gasteiger partial charge on any atom is -0.219 e. The van der Waals surface area contributed by atoms with E-state index in [1.165, 1.54) is 24.3 Å². The molecule has 0 saturated carbocycles. The third kappa shape index (κ3) is 2.88. The molecule has 1 aliphatic rings. The SMILES string of the molecule is CCCCNS(=O)(=O)c1ccc2c(c1)S(=O)(=O)C=C2. The lowest BCUT2D eigenvalue weighted by Crippen LogP contribution is -2.24. The number of benzene rings is 1. The van der Waals surface area contributed by atoms with Crippen LogP contribution in [0.15, 0.2) is 33.4 Å². The summed E-state index contributed by atoms with van der Waals surface area (Å²) >= 11 is 0. The van der Waals surface area contributed by atoms with E-state index in [0.29, 0.717) is 12.1 Å². The van der Waals surface area contributed by atoms with Crippen molar-refractivity contribution in [3.63, 3.8) is 0 Å². The van der Waals surface area contributed by atoms with Crippen molar-refractivity contribution in [2.45, 2.75) is 29.6 Å². The maximum atomic E-state index is 12.0. The Balaban J connectivity index is 2.34. The van der Waals surface area contributed by atoms with E-state index in [9.17, 15) is 16.8 Å². The van der Waals surface area contributed by atoms with Crippen LogP contribution in [0.2, 0.25) is 0 Å².